The Bertz CT molecular complexity index is 334. The molecule has 0 radical (unpaired) electrons. The van der Waals surface area contributed by atoms with Crippen LogP contribution in [0.1, 0.15) is 11.1 Å². The fraction of sp³-hybridized carbons (Fsp3) is 0.400. The Hall–Kier alpha value is -1.23. The highest BCUT2D eigenvalue weighted by Gasteiger charge is 2.32. The quantitative estimate of drug-likeness (QED) is 0.847. The molecule has 15 heavy (non-hydrogen) atoms. The molecule has 0 unspecified atom stereocenters. The van der Waals surface area contributed by atoms with Crippen LogP contribution in [-0.2, 0) is 6.18 Å². The number of hydrogen-bond acceptors (Lipinski definition) is 2. The summed E-state index contributed by atoms with van der Waals surface area (Å²) in [4.78, 5) is 0. The molecule has 0 aliphatic carbocycles. The number of benzene rings is 1. The number of rotatable bonds is 3. The van der Waals surface area contributed by atoms with E-state index < -0.39 is 11.7 Å². The summed E-state index contributed by atoms with van der Waals surface area (Å²) in [6.45, 7) is 1.15. The third-order valence-corrected chi connectivity index (χ3v) is 1.87. The SMILES string of the molecule is Cc1ccc(OCCO)cc1C(F)(F)F. The maximum absolute atomic E-state index is 12.4. The maximum Gasteiger partial charge on any atom is 0.416 e. The van der Waals surface area contributed by atoms with Gasteiger partial charge in [-0.2, -0.15) is 13.2 Å². The molecule has 1 aromatic carbocycles. The predicted octanol–water partition coefficient (Wildman–Crippen LogP) is 2.38. The van der Waals surface area contributed by atoms with Crippen molar-refractivity contribution in [2.45, 2.75) is 13.1 Å². The molecular formula is C10H11F3O2. The van der Waals surface area contributed by atoms with Gasteiger partial charge in [0, 0.05) is 0 Å². The van der Waals surface area contributed by atoms with Crippen LogP contribution in [0.4, 0.5) is 13.2 Å². The van der Waals surface area contributed by atoms with Crippen molar-refractivity contribution in [2.75, 3.05) is 13.2 Å². The minimum Gasteiger partial charge on any atom is -0.491 e. The van der Waals surface area contributed by atoms with Crippen molar-refractivity contribution < 1.29 is 23.0 Å². The Morgan fingerprint density at radius 2 is 2.00 bits per heavy atom. The van der Waals surface area contributed by atoms with Gasteiger partial charge in [-0.3, -0.25) is 0 Å². The van der Waals surface area contributed by atoms with Gasteiger partial charge in [-0.25, -0.2) is 0 Å². The van der Waals surface area contributed by atoms with E-state index in [2.05, 4.69) is 0 Å². The van der Waals surface area contributed by atoms with E-state index in [0.29, 0.717) is 0 Å². The van der Waals surface area contributed by atoms with Crippen molar-refractivity contribution >= 4 is 0 Å². The summed E-state index contributed by atoms with van der Waals surface area (Å²) in [7, 11) is 0. The minimum absolute atomic E-state index is 0.0135. The molecule has 1 aromatic rings. The molecule has 84 valence electrons. The van der Waals surface area contributed by atoms with Crippen molar-refractivity contribution in [3.8, 4) is 5.75 Å². The number of ether oxygens (including phenoxy) is 1. The molecule has 1 rings (SSSR count). The number of hydrogen-bond donors (Lipinski definition) is 1. The van der Waals surface area contributed by atoms with Gasteiger partial charge in [0.2, 0.25) is 0 Å². The molecule has 0 atom stereocenters. The molecule has 0 aromatic heterocycles. The topological polar surface area (TPSA) is 29.5 Å². The molecule has 0 fully saturated rings. The van der Waals surface area contributed by atoms with Gasteiger partial charge >= 0.3 is 6.18 Å². The van der Waals surface area contributed by atoms with Gasteiger partial charge in [0.15, 0.2) is 0 Å². The summed E-state index contributed by atoms with van der Waals surface area (Å²) in [5.41, 5.74) is -0.559. The molecule has 0 aliphatic rings. The van der Waals surface area contributed by atoms with E-state index in [4.69, 9.17) is 9.84 Å². The van der Waals surface area contributed by atoms with Gasteiger partial charge < -0.3 is 9.84 Å². The van der Waals surface area contributed by atoms with Crippen molar-refractivity contribution in [3.05, 3.63) is 29.3 Å². The molecule has 0 saturated carbocycles. The average Bonchev–Trinajstić information content (AvgIpc) is 2.15. The largest absolute Gasteiger partial charge is 0.491 e. The lowest BCUT2D eigenvalue weighted by molar-refractivity contribution is -0.138. The molecule has 1 N–H and O–H groups in total. The summed E-state index contributed by atoms with van der Waals surface area (Å²) < 4.78 is 42.2. The van der Waals surface area contributed by atoms with E-state index in [1.807, 2.05) is 0 Å². The summed E-state index contributed by atoms with van der Waals surface area (Å²) in [6.07, 6.45) is -4.37. The summed E-state index contributed by atoms with van der Waals surface area (Å²) in [5.74, 6) is 0.113. The Labute approximate surface area is 85.3 Å². The van der Waals surface area contributed by atoms with E-state index >= 15 is 0 Å². The van der Waals surface area contributed by atoms with Crippen LogP contribution in [0.15, 0.2) is 18.2 Å². The van der Waals surface area contributed by atoms with Gasteiger partial charge in [-0.15, -0.1) is 0 Å². The Morgan fingerprint density at radius 3 is 2.53 bits per heavy atom. The molecule has 0 bridgehead atoms. The number of aliphatic hydroxyl groups is 1. The Kier molecular flexibility index (Phi) is 3.57. The molecule has 5 heteroatoms. The van der Waals surface area contributed by atoms with E-state index in [0.717, 1.165) is 6.07 Å². The number of alkyl halides is 3. The second-order valence-corrected chi connectivity index (χ2v) is 3.05. The third-order valence-electron chi connectivity index (χ3n) is 1.87. The van der Waals surface area contributed by atoms with Gasteiger partial charge in [-0.1, -0.05) is 6.07 Å². The predicted molar refractivity (Wildman–Crippen MR) is 48.8 cm³/mol. The fourth-order valence-electron chi connectivity index (χ4n) is 1.16. The second-order valence-electron chi connectivity index (χ2n) is 3.05. The molecular weight excluding hydrogens is 209 g/mol. The van der Waals surface area contributed by atoms with Crippen molar-refractivity contribution in [1.82, 2.24) is 0 Å². The van der Waals surface area contributed by atoms with E-state index in [1.54, 1.807) is 0 Å². The Balaban J connectivity index is 2.95. The first-order chi connectivity index (χ1) is 6.95. The normalized spacial score (nSPS) is 11.5. The zero-order chi connectivity index (χ0) is 11.5. The van der Waals surface area contributed by atoms with Crippen LogP contribution in [0.3, 0.4) is 0 Å². The second kappa shape index (κ2) is 4.53. The Morgan fingerprint density at radius 1 is 1.33 bits per heavy atom. The van der Waals surface area contributed by atoms with Crippen LogP contribution in [0.5, 0.6) is 5.75 Å². The molecule has 0 amide bonds. The van der Waals surface area contributed by atoms with E-state index in [9.17, 15) is 13.2 Å². The van der Waals surface area contributed by atoms with Crippen molar-refractivity contribution in [1.29, 1.82) is 0 Å². The van der Waals surface area contributed by atoms with Crippen molar-refractivity contribution in [3.63, 3.8) is 0 Å². The monoisotopic (exact) mass is 220 g/mol. The van der Waals surface area contributed by atoms with Gasteiger partial charge in [-0.05, 0) is 24.6 Å². The van der Waals surface area contributed by atoms with Gasteiger partial charge in [0.05, 0.1) is 12.2 Å². The van der Waals surface area contributed by atoms with Gasteiger partial charge in [0.1, 0.15) is 12.4 Å². The maximum atomic E-state index is 12.4. The standard InChI is InChI=1S/C10H11F3O2/c1-7-2-3-8(15-5-4-14)6-9(7)10(11,12)13/h2-3,6,14H,4-5H2,1H3. The lowest BCUT2D eigenvalue weighted by atomic mass is 10.1. The lowest BCUT2D eigenvalue weighted by Crippen LogP contribution is -2.09. The number of halogens is 3. The summed E-state index contributed by atoms with van der Waals surface area (Å²) in [6, 6.07) is 3.72. The fourth-order valence-corrected chi connectivity index (χ4v) is 1.16. The average molecular weight is 220 g/mol. The first-order valence-electron chi connectivity index (χ1n) is 4.36. The van der Waals surface area contributed by atoms with Gasteiger partial charge in [0.25, 0.3) is 0 Å². The summed E-state index contributed by atoms with van der Waals surface area (Å²) >= 11 is 0. The smallest absolute Gasteiger partial charge is 0.416 e. The number of aryl methyl sites for hydroxylation is 1. The van der Waals surface area contributed by atoms with Crippen LogP contribution in [0.2, 0.25) is 0 Å². The minimum atomic E-state index is -4.37. The zero-order valence-electron chi connectivity index (χ0n) is 8.14. The highest BCUT2D eigenvalue weighted by Crippen LogP contribution is 2.33. The van der Waals surface area contributed by atoms with Crippen LogP contribution >= 0.6 is 0 Å². The van der Waals surface area contributed by atoms with Crippen LogP contribution in [0.25, 0.3) is 0 Å². The molecule has 0 saturated heterocycles. The van der Waals surface area contributed by atoms with Crippen molar-refractivity contribution in [2.24, 2.45) is 0 Å². The highest BCUT2D eigenvalue weighted by atomic mass is 19.4. The van der Waals surface area contributed by atoms with E-state index in [1.165, 1.54) is 19.1 Å². The van der Waals surface area contributed by atoms with Crippen LogP contribution in [0, 0.1) is 6.92 Å². The first-order valence-corrected chi connectivity index (χ1v) is 4.36. The van der Waals surface area contributed by atoms with Crippen LogP contribution in [-0.4, -0.2) is 18.3 Å². The van der Waals surface area contributed by atoms with E-state index in [-0.39, 0.29) is 24.5 Å². The zero-order valence-corrected chi connectivity index (χ0v) is 8.14. The molecule has 0 aliphatic heterocycles. The highest BCUT2D eigenvalue weighted by molar-refractivity contribution is 5.36. The molecule has 0 heterocycles. The molecule has 0 spiro atoms. The lowest BCUT2D eigenvalue weighted by Gasteiger charge is -2.12. The molecule has 2 nitrogen and oxygen atoms in total. The summed E-state index contributed by atoms with van der Waals surface area (Å²) in [5, 5.41) is 8.46. The van der Waals surface area contributed by atoms with Crippen LogP contribution < -0.4 is 4.74 Å². The first kappa shape index (κ1) is 11.8. The third kappa shape index (κ3) is 3.13. The number of aliphatic hydroxyl groups excluding tert-OH is 1.